The molecule has 1 saturated carbocycles. The molecule has 1 unspecified atom stereocenters. The molecule has 1 spiro atoms. The second-order valence-electron chi connectivity index (χ2n) is 7.90. The molecule has 2 N–H and O–H groups in total. The van der Waals surface area contributed by atoms with Crippen LogP contribution in [0.5, 0.6) is 0 Å². The monoisotopic (exact) mass is 344 g/mol. The fourth-order valence-corrected chi connectivity index (χ4v) is 4.23. The first-order valence-electron chi connectivity index (χ1n) is 9.37. The van der Waals surface area contributed by atoms with Crippen molar-refractivity contribution in [2.24, 2.45) is 5.92 Å². The largest absolute Gasteiger partial charge is 0.384 e. The summed E-state index contributed by atoms with van der Waals surface area (Å²) in [5.74, 6) is 2.48. The third-order valence-corrected chi connectivity index (χ3v) is 6.18. The Morgan fingerprint density at radius 1 is 1.24 bits per heavy atom. The fourth-order valence-electron chi connectivity index (χ4n) is 4.23. The van der Waals surface area contributed by atoms with Crippen LogP contribution in [0.2, 0.25) is 0 Å². The second kappa shape index (κ2) is 6.44. The van der Waals surface area contributed by atoms with Gasteiger partial charge in [0.2, 0.25) is 5.91 Å². The number of likely N-dealkylation sites (N-methyl/N-ethyl adjacent to an activating group) is 1. The summed E-state index contributed by atoms with van der Waals surface area (Å²) in [4.78, 5) is 27.8. The number of rotatable bonds is 3. The Balaban J connectivity index is 1.51. The number of carbonyl (C=O) groups excluding carboxylic acids is 1. The maximum absolute atomic E-state index is 12.6. The lowest BCUT2D eigenvalue weighted by atomic mass is 9.86. The molecular formula is C18H28N6O. The van der Waals surface area contributed by atoms with E-state index >= 15 is 0 Å². The van der Waals surface area contributed by atoms with Crippen LogP contribution in [0.15, 0.2) is 12.4 Å². The Bertz CT molecular complexity index is 648. The molecule has 1 amide bonds. The molecule has 4 rings (SSSR count). The lowest BCUT2D eigenvalue weighted by Crippen LogP contribution is -2.61. The van der Waals surface area contributed by atoms with Gasteiger partial charge in [-0.3, -0.25) is 9.69 Å². The lowest BCUT2D eigenvalue weighted by molar-refractivity contribution is -0.130. The highest BCUT2D eigenvalue weighted by Gasteiger charge is 2.43. The van der Waals surface area contributed by atoms with E-state index in [1.807, 2.05) is 6.07 Å². The lowest BCUT2D eigenvalue weighted by Gasteiger charge is -2.49. The minimum absolute atomic E-state index is 0.0337. The van der Waals surface area contributed by atoms with Gasteiger partial charge in [0.15, 0.2) is 0 Å². The van der Waals surface area contributed by atoms with Crippen LogP contribution < -0.4 is 10.6 Å². The highest BCUT2D eigenvalue weighted by Crippen LogP contribution is 2.35. The first kappa shape index (κ1) is 16.6. The number of nitrogens with two attached hydrogens (primary N) is 1. The summed E-state index contributed by atoms with van der Waals surface area (Å²) in [6, 6.07) is 1.85. The standard InChI is InChI=1S/C18H28N6O/c1-22-8-9-24(16-10-15(19)20-13-21-16)12-18(22)5-4-17(25)23(7-6-18)11-14-2-3-14/h10,13-14H,2-9,11-12H2,1H3,(H2,19,20,21). The third-order valence-electron chi connectivity index (χ3n) is 6.18. The number of anilines is 2. The van der Waals surface area contributed by atoms with Crippen LogP contribution >= 0.6 is 0 Å². The summed E-state index contributed by atoms with van der Waals surface area (Å²) < 4.78 is 0. The molecule has 0 bridgehead atoms. The Hall–Kier alpha value is -1.89. The van der Waals surface area contributed by atoms with E-state index in [-0.39, 0.29) is 5.54 Å². The summed E-state index contributed by atoms with van der Waals surface area (Å²) in [5, 5.41) is 0. The third kappa shape index (κ3) is 3.42. The van der Waals surface area contributed by atoms with Crippen molar-refractivity contribution >= 4 is 17.5 Å². The van der Waals surface area contributed by atoms with Gasteiger partial charge in [-0.05, 0) is 38.6 Å². The van der Waals surface area contributed by atoms with Gasteiger partial charge in [-0.25, -0.2) is 9.97 Å². The zero-order valence-electron chi connectivity index (χ0n) is 15.0. The summed E-state index contributed by atoms with van der Waals surface area (Å²) in [7, 11) is 2.20. The van der Waals surface area contributed by atoms with Gasteiger partial charge in [0.25, 0.3) is 0 Å². The molecule has 3 fully saturated rings. The number of hydrogen-bond acceptors (Lipinski definition) is 6. The molecule has 1 aliphatic carbocycles. The first-order valence-corrected chi connectivity index (χ1v) is 9.37. The second-order valence-corrected chi connectivity index (χ2v) is 7.90. The van der Waals surface area contributed by atoms with E-state index in [0.29, 0.717) is 18.1 Å². The highest BCUT2D eigenvalue weighted by atomic mass is 16.2. The Morgan fingerprint density at radius 2 is 2.08 bits per heavy atom. The van der Waals surface area contributed by atoms with Crippen molar-refractivity contribution in [1.82, 2.24) is 19.8 Å². The van der Waals surface area contributed by atoms with Gasteiger partial charge in [0, 0.05) is 50.7 Å². The van der Waals surface area contributed by atoms with Crippen molar-refractivity contribution in [3.8, 4) is 0 Å². The fraction of sp³-hybridized carbons (Fsp3) is 0.722. The van der Waals surface area contributed by atoms with E-state index in [2.05, 4.69) is 31.7 Å². The number of hydrogen-bond donors (Lipinski definition) is 1. The average Bonchev–Trinajstić information content (AvgIpc) is 3.43. The molecule has 1 atom stereocenters. The molecule has 7 nitrogen and oxygen atoms in total. The zero-order valence-corrected chi connectivity index (χ0v) is 15.0. The Morgan fingerprint density at radius 3 is 2.84 bits per heavy atom. The Kier molecular flexibility index (Phi) is 4.27. The van der Waals surface area contributed by atoms with Crippen molar-refractivity contribution in [2.45, 2.75) is 37.6 Å². The van der Waals surface area contributed by atoms with E-state index in [0.717, 1.165) is 57.3 Å². The van der Waals surface area contributed by atoms with E-state index in [1.54, 1.807) is 0 Å². The molecule has 0 aromatic carbocycles. The van der Waals surface area contributed by atoms with Crippen LogP contribution in [0.3, 0.4) is 0 Å². The van der Waals surface area contributed by atoms with Gasteiger partial charge < -0.3 is 15.5 Å². The van der Waals surface area contributed by atoms with E-state index < -0.39 is 0 Å². The van der Waals surface area contributed by atoms with Crippen molar-refractivity contribution in [3.05, 3.63) is 12.4 Å². The minimum atomic E-state index is 0.0337. The van der Waals surface area contributed by atoms with Gasteiger partial charge in [-0.2, -0.15) is 0 Å². The summed E-state index contributed by atoms with van der Waals surface area (Å²) in [5.41, 5.74) is 5.87. The predicted octanol–water partition coefficient (Wildman–Crippen LogP) is 0.972. The van der Waals surface area contributed by atoms with Gasteiger partial charge in [0.05, 0.1) is 0 Å². The molecule has 3 heterocycles. The highest BCUT2D eigenvalue weighted by molar-refractivity contribution is 5.76. The maximum atomic E-state index is 12.6. The minimum Gasteiger partial charge on any atom is -0.384 e. The number of aromatic nitrogens is 2. The molecule has 7 heteroatoms. The summed E-state index contributed by atoms with van der Waals surface area (Å²) in [6.07, 6.45) is 6.70. The molecule has 25 heavy (non-hydrogen) atoms. The van der Waals surface area contributed by atoms with Gasteiger partial charge in [0.1, 0.15) is 18.0 Å². The SMILES string of the molecule is CN1CCN(c2cc(N)ncn2)CC12CCC(=O)N(CC1CC1)CC2. The predicted molar refractivity (Wildman–Crippen MR) is 97.2 cm³/mol. The van der Waals surface area contributed by atoms with Crippen LogP contribution in [0, 0.1) is 5.92 Å². The number of nitrogen functional groups attached to an aromatic ring is 1. The molecule has 1 aromatic rings. The van der Waals surface area contributed by atoms with Crippen molar-refractivity contribution in [2.75, 3.05) is 50.4 Å². The Labute approximate surface area is 149 Å². The number of likely N-dealkylation sites (tertiary alicyclic amines) is 1. The van der Waals surface area contributed by atoms with E-state index in [1.165, 1.54) is 19.2 Å². The maximum Gasteiger partial charge on any atom is 0.222 e. The van der Waals surface area contributed by atoms with Crippen LogP contribution in [0.4, 0.5) is 11.6 Å². The molecule has 3 aliphatic rings. The molecular weight excluding hydrogens is 316 g/mol. The summed E-state index contributed by atoms with van der Waals surface area (Å²) >= 11 is 0. The number of carbonyl (C=O) groups is 1. The van der Waals surface area contributed by atoms with Crippen LogP contribution in [0.1, 0.15) is 32.1 Å². The zero-order chi connectivity index (χ0) is 17.4. The summed E-state index contributed by atoms with van der Waals surface area (Å²) in [6.45, 7) is 4.63. The van der Waals surface area contributed by atoms with Crippen LogP contribution in [-0.4, -0.2) is 71.0 Å². The molecule has 136 valence electrons. The van der Waals surface area contributed by atoms with Gasteiger partial charge in [-0.15, -0.1) is 0 Å². The van der Waals surface area contributed by atoms with Crippen LogP contribution in [-0.2, 0) is 4.79 Å². The topological polar surface area (TPSA) is 78.6 Å². The van der Waals surface area contributed by atoms with E-state index in [4.69, 9.17) is 5.73 Å². The van der Waals surface area contributed by atoms with Crippen molar-refractivity contribution in [3.63, 3.8) is 0 Å². The molecule has 0 radical (unpaired) electrons. The van der Waals surface area contributed by atoms with Gasteiger partial charge >= 0.3 is 0 Å². The van der Waals surface area contributed by atoms with Crippen molar-refractivity contribution in [1.29, 1.82) is 0 Å². The first-order chi connectivity index (χ1) is 12.1. The number of nitrogens with zero attached hydrogens (tertiary/aromatic N) is 5. The quantitative estimate of drug-likeness (QED) is 0.880. The van der Waals surface area contributed by atoms with Crippen LogP contribution in [0.25, 0.3) is 0 Å². The van der Waals surface area contributed by atoms with Crippen molar-refractivity contribution < 1.29 is 4.79 Å². The normalized spacial score (nSPS) is 28.4. The van der Waals surface area contributed by atoms with Gasteiger partial charge in [-0.1, -0.05) is 0 Å². The molecule has 2 saturated heterocycles. The number of amides is 1. The smallest absolute Gasteiger partial charge is 0.222 e. The molecule has 2 aliphatic heterocycles. The average molecular weight is 344 g/mol. The molecule has 1 aromatic heterocycles. The van der Waals surface area contributed by atoms with E-state index in [9.17, 15) is 4.79 Å². The number of piperazine rings is 1.